The predicted molar refractivity (Wildman–Crippen MR) is 88.6 cm³/mol. The molecule has 0 bridgehead atoms. The molecule has 6 heteroatoms. The van der Waals surface area contributed by atoms with Gasteiger partial charge in [-0.2, -0.15) is 0 Å². The summed E-state index contributed by atoms with van der Waals surface area (Å²) >= 11 is 6.05. The van der Waals surface area contributed by atoms with Crippen LogP contribution in [0.1, 0.15) is 15.9 Å². The van der Waals surface area contributed by atoms with Crippen LogP contribution in [0.2, 0.25) is 5.02 Å². The Bertz CT molecular complexity index is 686. The number of primary amides is 1. The summed E-state index contributed by atoms with van der Waals surface area (Å²) in [6.07, 6.45) is 0.652. The first-order valence-electron chi connectivity index (χ1n) is 7.09. The number of ether oxygens (including phenoxy) is 1. The summed E-state index contributed by atoms with van der Waals surface area (Å²) in [6.45, 7) is 0.380. The molecule has 2 aromatic rings. The highest BCUT2D eigenvalue weighted by Crippen LogP contribution is 2.15. The van der Waals surface area contributed by atoms with Crippen molar-refractivity contribution in [3.63, 3.8) is 0 Å². The normalized spacial score (nSPS) is 10.1. The lowest BCUT2D eigenvalue weighted by atomic mass is 10.1. The summed E-state index contributed by atoms with van der Waals surface area (Å²) < 4.78 is 5.34. The SMILES string of the molecule is NC(=O)c1ccc(OCC(=O)NCCc2ccccc2Cl)cc1. The van der Waals surface area contributed by atoms with E-state index in [2.05, 4.69) is 5.32 Å². The van der Waals surface area contributed by atoms with Crippen LogP contribution in [-0.2, 0) is 11.2 Å². The van der Waals surface area contributed by atoms with Crippen molar-refractivity contribution in [1.82, 2.24) is 5.32 Å². The molecule has 0 atom stereocenters. The Kier molecular flexibility index (Phi) is 6.00. The molecule has 5 nitrogen and oxygen atoms in total. The fourth-order valence-electron chi connectivity index (χ4n) is 1.95. The largest absolute Gasteiger partial charge is 0.484 e. The molecule has 0 saturated heterocycles. The van der Waals surface area contributed by atoms with E-state index >= 15 is 0 Å². The molecule has 0 aromatic heterocycles. The van der Waals surface area contributed by atoms with E-state index < -0.39 is 5.91 Å². The molecule has 23 heavy (non-hydrogen) atoms. The maximum Gasteiger partial charge on any atom is 0.257 e. The molecule has 2 rings (SSSR count). The zero-order chi connectivity index (χ0) is 16.7. The minimum atomic E-state index is -0.506. The predicted octanol–water partition coefficient (Wildman–Crippen LogP) is 2.18. The number of carbonyl (C=O) groups is 2. The molecular weight excluding hydrogens is 316 g/mol. The van der Waals surface area contributed by atoms with E-state index in [0.717, 1.165) is 5.56 Å². The fourth-order valence-corrected chi connectivity index (χ4v) is 2.18. The van der Waals surface area contributed by atoms with E-state index in [4.69, 9.17) is 22.1 Å². The van der Waals surface area contributed by atoms with Crippen LogP contribution in [0.3, 0.4) is 0 Å². The second-order valence-corrected chi connectivity index (χ2v) is 5.28. The molecule has 3 N–H and O–H groups in total. The first kappa shape index (κ1) is 16.8. The molecule has 0 aliphatic carbocycles. The zero-order valence-corrected chi connectivity index (χ0v) is 13.2. The Balaban J connectivity index is 1.73. The number of hydrogen-bond donors (Lipinski definition) is 2. The molecule has 120 valence electrons. The third kappa shape index (κ3) is 5.30. The third-order valence-electron chi connectivity index (χ3n) is 3.18. The monoisotopic (exact) mass is 332 g/mol. The summed E-state index contributed by atoms with van der Waals surface area (Å²) in [5.74, 6) is -0.235. The molecule has 0 unspecified atom stereocenters. The maximum absolute atomic E-state index is 11.7. The van der Waals surface area contributed by atoms with Gasteiger partial charge >= 0.3 is 0 Å². The standard InChI is InChI=1S/C17H17ClN2O3/c18-15-4-2-1-3-12(15)9-10-20-16(21)11-23-14-7-5-13(6-8-14)17(19)22/h1-8H,9-11H2,(H2,19,22)(H,20,21). The summed E-state index contributed by atoms with van der Waals surface area (Å²) in [4.78, 5) is 22.7. The highest BCUT2D eigenvalue weighted by molar-refractivity contribution is 6.31. The molecular formula is C17H17ClN2O3. The second-order valence-electron chi connectivity index (χ2n) is 4.87. The number of carbonyl (C=O) groups excluding carboxylic acids is 2. The quantitative estimate of drug-likeness (QED) is 0.815. The van der Waals surface area contributed by atoms with E-state index in [9.17, 15) is 9.59 Å². The van der Waals surface area contributed by atoms with Gasteiger partial charge in [0.1, 0.15) is 5.75 Å². The van der Waals surface area contributed by atoms with Crippen LogP contribution >= 0.6 is 11.6 Å². The Morgan fingerprint density at radius 2 is 1.78 bits per heavy atom. The summed E-state index contributed by atoms with van der Waals surface area (Å²) in [7, 11) is 0. The van der Waals surface area contributed by atoms with Crippen molar-refractivity contribution in [2.24, 2.45) is 5.73 Å². The lowest BCUT2D eigenvalue weighted by Crippen LogP contribution is -2.30. The van der Waals surface area contributed by atoms with E-state index in [-0.39, 0.29) is 12.5 Å². The fraction of sp³-hybridized carbons (Fsp3) is 0.176. The van der Waals surface area contributed by atoms with E-state index in [1.54, 1.807) is 24.3 Å². The Labute approximate surface area is 139 Å². The molecule has 0 spiro atoms. The van der Waals surface area contributed by atoms with Gasteiger partial charge in [0.2, 0.25) is 5.91 Å². The second kappa shape index (κ2) is 8.19. The van der Waals surface area contributed by atoms with Gasteiger partial charge in [0.05, 0.1) is 0 Å². The van der Waals surface area contributed by atoms with Crippen molar-refractivity contribution in [3.8, 4) is 5.75 Å². The third-order valence-corrected chi connectivity index (χ3v) is 3.55. The van der Waals surface area contributed by atoms with Crippen LogP contribution < -0.4 is 15.8 Å². The van der Waals surface area contributed by atoms with Gasteiger partial charge in [-0.25, -0.2) is 0 Å². The first-order chi connectivity index (χ1) is 11.1. The van der Waals surface area contributed by atoms with Crippen molar-refractivity contribution in [2.75, 3.05) is 13.2 Å². The van der Waals surface area contributed by atoms with Crippen LogP contribution in [0, 0.1) is 0 Å². The first-order valence-corrected chi connectivity index (χ1v) is 7.47. The number of rotatable bonds is 7. The van der Waals surface area contributed by atoms with Crippen LogP contribution in [0.5, 0.6) is 5.75 Å². The Morgan fingerprint density at radius 1 is 1.09 bits per heavy atom. The lowest BCUT2D eigenvalue weighted by molar-refractivity contribution is -0.123. The van der Waals surface area contributed by atoms with E-state index in [1.807, 2.05) is 24.3 Å². The summed E-state index contributed by atoms with van der Waals surface area (Å²) in [6, 6.07) is 13.8. The number of hydrogen-bond acceptors (Lipinski definition) is 3. The summed E-state index contributed by atoms with van der Waals surface area (Å²) in [5.41, 5.74) is 6.52. The van der Waals surface area contributed by atoms with Crippen LogP contribution in [0.15, 0.2) is 48.5 Å². The van der Waals surface area contributed by atoms with Gasteiger partial charge < -0.3 is 15.8 Å². The minimum absolute atomic E-state index is 0.0988. The number of halogens is 1. The van der Waals surface area contributed by atoms with Crippen LogP contribution in [-0.4, -0.2) is 25.0 Å². The molecule has 0 aliphatic rings. The highest BCUT2D eigenvalue weighted by atomic mass is 35.5. The van der Waals surface area contributed by atoms with Gasteiger partial charge in [0.25, 0.3) is 5.91 Å². The van der Waals surface area contributed by atoms with Gasteiger partial charge in [0, 0.05) is 17.1 Å². The summed E-state index contributed by atoms with van der Waals surface area (Å²) in [5, 5.41) is 3.45. The topological polar surface area (TPSA) is 81.4 Å². The van der Waals surface area contributed by atoms with Gasteiger partial charge in [-0.1, -0.05) is 29.8 Å². The number of nitrogens with two attached hydrogens (primary N) is 1. The average molecular weight is 333 g/mol. The van der Waals surface area contributed by atoms with Gasteiger partial charge in [-0.05, 0) is 42.3 Å². The van der Waals surface area contributed by atoms with Gasteiger partial charge in [-0.15, -0.1) is 0 Å². The van der Waals surface area contributed by atoms with Gasteiger partial charge in [-0.3, -0.25) is 9.59 Å². The lowest BCUT2D eigenvalue weighted by Gasteiger charge is -2.08. The smallest absolute Gasteiger partial charge is 0.257 e. The van der Waals surface area contributed by atoms with E-state index in [0.29, 0.717) is 29.3 Å². The Hall–Kier alpha value is -2.53. The highest BCUT2D eigenvalue weighted by Gasteiger charge is 2.05. The Morgan fingerprint density at radius 3 is 2.43 bits per heavy atom. The minimum Gasteiger partial charge on any atom is -0.484 e. The zero-order valence-electron chi connectivity index (χ0n) is 12.4. The van der Waals surface area contributed by atoms with Gasteiger partial charge in [0.15, 0.2) is 6.61 Å². The molecule has 0 fully saturated rings. The van der Waals surface area contributed by atoms with Crippen molar-refractivity contribution >= 4 is 23.4 Å². The van der Waals surface area contributed by atoms with Crippen molar-refractivity contribution < 1.29 is 14.3 Å². The molecule has 0 aliphatic heterocycles. The van der Waals surface area contributed by atoms with Crippen LogP contribution in [0.4, 0.5) is 0 Å². The van der Waals surface area contributed by atoms with Crippen molar-refractivity contribution in [3.05, 3.63) is 64.7 Å². The molecule has 2 aromatic carbocycles. The maximum atomic E-state index is 11.7. The van der Waals surface area contributed by atoms with Crippen molar-refractivity contribution in [1.29, 1.82) is 0 Å². The number of benzene rings is 2. The molecule has 0 heterocycles. The molecule has 0 radical (unpaired) electrons. The van der Waals surface area contributed by atoms with Crippen LogP contribution in [0.25, 0.3) is 0 Å². The van der Waals surface area contributed by atoms with Crippen molar-refractivity contribution in [2.45, 2.75) is 6.42 Å². The molecule has 0 saturated carbocycles. The number of nitrogens with one attached hydrogen (secondary N) is 1. The molecule has 2 amide bonds. The average Bonchev–Trinajstić information content (AvgIpc) is 2.55. The number of amides is 2. The van der Waals surface area contributed by atoms with E-state index in [1.165, 1.54) is 0 Å².